The summed E-state index contributed by atoms with van der Waals surface area (Å²) in [5.41, 5.74) is 1.50. The second-order valence-corrected chi connectivity index (χ2v) is 6.82. The van der Waals surface area contributed by atoms with E-state index in [1.807, 2.05) is 24.9 Å². The SMILES string of the molecule is CCNc1cc(-c2cnc(N(C)C3CCN(CC(F)(F)F)CC3)nc2)ncn1. The lowest BCUT2D eigenvalue weighted by molar-refractivity contribution is -0.147. The van der Waals surface area contributed by atoms with Crippen molar-refractivity contribution in [1.82, 2.24) is 24.8 Å². The van der Waals surface area contributed by atoms with E-state index in [4.69, 9.17) is 0 Å². The molecule has 10 heteroatoms. The highest BCUT2D eigenvalue weighted by atomic mass is 19.4. The largest absolute Gasteiger partial charge is 0.401 e. The minimum Gasteiger partial charge on any atom is -0.370 e. The standard InChI is InChI=1S/C18H24F3N7/c1-3-22-16-8-15(25-12-26-16)13-9-23-17(24-10-13)27(2)14-4-6-28(7-5-14)11-18(19,20)21/h8-10,12,14H,3-7,11H2,1-2H3,(H,22,25,26). The Balaban J connectivity index is 1.61. The summed E-state index contributed by atoms with van der Waals surface area (Å²) < 4.78 is 37.6. The normalized spacial score (nSPS) is 16.2. The molecule has 1 saturated heterocycles. The van der Waals surface area contributed by atoms with Crippen LogP contribution in [-0.2, 0) is 0 Å². The fourth-order valence-corrected chi connectivity index (χ4v) is 3.31. The van der Waals surface area contributed by atoms with Crippen molar-refractivity contribution < 1.29 is 13.2 Å². The number of aromatic nitrogens is 4. The molecule has 2 aromatic heterocycles. The van der Waals surface area contributed by atoms with Crippen molar-refractivity contribution in [2.75, 3.05) is 43.4 Å². The Hall–Kier alpha value is -2.49. The summed E-state index contributed by atoms with van der Waals surface area (Å²) in [6.45, 7) is 2.74. The lowest BCUT2D eigenvalue weighted by Crippen LogP contribution is -2.46. The van der Waals surface area contributed by atoms with Gasteiger partial charge in [0.15, 0.2) is 0 Å². The molecule has 3 heterocycles. The number of halogens is 3. The Morgan fingerprint density at radius 2 is 1.82 bits per heavy atom. The van der Waals surface area contributed by atoms with E-state index in [0.717, 1.165) is 23.6 Å². The summed E-state index contributed by atoms with van der Waals surface area (Å²) in [6, 6.07) is 1.96. The molecule has 0 saturated carbocycles. The van der Waals surface area contributed by atoms with E-state index in [9.17, 15) is 13.2 Å². The van der Waals surface area contributed by atoms with Crippen molar-refractivity contribution in [1.29, 1.82) is 0 Å². The molecule has 0 bridgehead atoms. The van der Waals surface area contributed by atoms with Crippen LogP contribution in [0, 0.1) is 0 Å². The van der Waals surface area contributed by atoms with E-state index in [1.54, 1.807) is 12.4 Å². The van der Waals surface area contributed by atoms with Gasteiger partial charge in [-0.15, -0.1) is 0 Å². The molecule has 1 N–H and O–H groups in total. The average Bonchev–Trinajstić information content (AvgIpc) is 2.67. The van der Waals surface area contributed by atoms with E-state index < -0.39 is 12.7 Å². The number of anilines is 2. The summed E-state index contributed by atoms with van der Waals surface area (Å²) in [5.74, 6) is 1.29. The Morgan fingerprint density at radius 3 is 2.43 bits per heavy atom. The van der Waals surface area contributed by atoms with Crippen molar-refractivity contribution in [3.8, 4) is 11.3 Å². The molecule has 1 aliphatic heterocycles. The zero-order valence-electron chi connectivity index (χ0n) is 15.9. The van der Waals surface area contributed by atoms with Crippen LogP contribution in [0.15, 0.2) is 24.8 Å². The van der Waals surface area contributed by atoms with Gasteiger partial charge < -0.3 is 10.2 Å². The van der Waals surface area contributed by atoms with Gasteiger partial charge in [0.1, 0.15) is 12.1 Å². The Morgan fingerprint density at radius 1 is 1.14 bits per heavy atom. The first kappa shape index (κ1) is 20.2. The van der Waals surface area contributed by atoms with Crippen molar-refractivity contribution >= 4 is 11.8 Å². The maximum atomic E-state index is 12.5. The molecule has 0 aliphatic carbocycles. The molecule has 28 heavy (non-hydrogen) atoms. The Bertz CT molecular complexity index is 759. The van der Waals surface area contributed by atoms with E-state index in [1.165, 1.54) is 11.2 Å². The zero-order valence-corrected chi connectivity index (χ0v) is 15.9. The highest BCUT2D eigenvalue weighted by Crippen LogP contribution is 2.24. The van der Waals surface area contributed by atoms with Gasteiger partial charge in [-0.2, -0.15) is 13.2 Å². The summed E-state index contributed by atoms with van der Waals surface area (Å²) >= 11 is 0. The molecule has 0 radical (unpaired) electrons. The molecule has 0 aromatic carbocycles. The van der Waals surface area contributed by atoms with Crippen LogP contribution in [0.4, 0.5) is 24.9 Å². The lowest BCUT2D eigenvalue weighted by atomic mass is 10.0. The number of alkyl halides is 3. The number of hydrogen-bond donors (Lipinski definition) is 1. The number of likely N-dealkylation sites (tertiary alicyclic amines) is 1. The minimum atomic E-state index is -4.15. The number of nitrogens with zero attached hydrogens (tertiary/aromatic N) is 6. The molecule has 0 amide bonds. The third kappa shape index (κ3) is 5.28. The lowest BCUT2D eigenvalue weighted by Gasteiger charge is -2.36. The fraction of sp³-hybridized carbons (Fsp3) is 0.556. The second-order valence-electron chi connectivity index (χ2n) is 6.82. The first-order valence-electron chi connectivity index (χ1n) is 9.26. The van der Waals surface area contributed by atoms with Gasteiger partial charge in [0, 0.05) is 56.7 Å². The highest BCUT2D eigenvalue weighted by Gasteiger charge is 2.33. The molecule has 1 aliphatic rings. The Kier molecular flexibility index (Phi) is 6.28. The smallest absolute Gasteiger partial charge is 0.370 e. The van der Waals surface area contributed by atoms with Gasteiger partial charge in [-0.3, -0.25) is 4.90 Å². The summed E-state index contributed by atoms with van der Waals surface area (Å²) in [7, 11) is 1.88. The van der Waals surface area contributed by atoms with Crippen molar-refractivity contribution in [3.05, 3.63) is 24.8 Å². The molecule has 7 nitrogen and oxygen atoms in total. The van der Waals surface area contributed by atoms with Gasteiger partial charge in [-0.05, 0) is 19.8 Å². The quantitative estimate of drug-likeness (QED) is 0.807. The predicted molar refractivity (Wildman–Crippen MR) is 101 cm³/mol. The van der Waals surface area contributed by atoms with Crippen molar-refractivity contribution in [2.45, 2.75) is 32.0 Å². The topological polar surface area (TPSA) is 70.1 Å². The third-order valence-corrected chi connectivity index (χ3v) is 4.78. The van der Waals surface area contributed by atoms with Gasteiger partial charge in [-0.1, -0.05) is 0 Å². The van der Waals surface area contributed by atoms with E-state index in [2.05, 4.69) is 25.3 Å². The number of nitrogens with one attached hydrogen (secondary N) is 1. The first-order chi connectivity index (χ1) is 13.4. The van der Waals surface area contributed by atoms with Crippen LogP contribution in [0.25, 0.3) is 11.3 Å². The molecular weight excluding hydrogens is 371 g/mol. The number of piperidine rings is 1. The summed E-state index contributed by atoms with van der Waals surface area (Å²) in [4.78, 5) is 20.6. The van der Waals surface area contributed by atoms with Crippen LogP contribution < -0.4 is 10.2 Å². The van der Waals surface area contributed by atoms with E-state index >= 15 is 0 Å². The van der Waals surface area contributed by atoms with E-state index in [0.29, 0.717) is 31.9 Å². The van der Waals surface area contributed by atoms with Crippen LogP contribution in [0.5, 0.6) is 0 Å². The number of hydrogen-bond acceptors (Lipinski definition) is 7. The molecule has 0 unspecified atom stereocenters. The zero-order chi connectivity index (χ0) is 20.1. The molecule has 0 spiro atoms. The molecule has 152 valence electrons. The minimum absolute atomic E-state index is 0.120. The van der Waals surface area contributed by atoms with Crippen LogP contribution in [0.3, 0.4) is 0 Å². The summed E-state index contributed by atoms with van der Waals surface area (Å²) in [5, 5.41) is 3.13. The summed E-state index contributed by atoms with van der Waals surface area (Å²) in [6.07, 6.45) is 2.05. The van der Waals surface area contributed by atoms with Gasteiger partial charge in [0.25, 0.3) is 0 Å². The molecule has 1 fully saturated rings. The van der Waals surface area contributed by atoms with Gasteiger partial charge >= 0.3 is 6.18 Å². The molecule has 3 rings (SSSR count). The first-order valence-corrected chi connectivity index (χ1v) is 9.26. The van der Waals surface area contributed by atoms with Gasteiger partial charge in [0.2, 0.25) is 5.95 Å². The van der Waals surface area contributed by atoms with Crippen LogP contribution >= 0.6 is 0 Å². The van der Waals surface area contributed by atoms with E-state index in [-0.39, 0.29) is 6.04 Å². The molecule has 2 aromatic rings. The second kappa shape index (κ2) is 8.68. The molecular formula is C18H24F3N7. The fourth-order valence-electron chi connectivity index (χ4n) is 3.31. The highest BCUT2D eigenvalue weighted by molar-refractivity contribution is 5.60. The predicted octanol–water partition coefficient (Wildman–Crippen LogP) is 2.83. The van der Waals surface area contributed by atoms with Crippen molar-refractivity contribution in [2.24, 2.45) is 0 Å². The third-order valence-electron chi connectivity index (χ3n) is 4.78. The van der Waals surface area contributed by atoms with Gasteiger partial charge in [0.05, 0.1) is 12.2 Å². The van der Waals surface area contributed by atoms with Crippen LogP contribution in [-0.4, -0.2) is 70.3 Å². The maximum absolute atomic E-state index is 12.5. The average molecular weight is 395 g/mol. The van der Waals surface area contributed by atoms with Crippen LogP contribution in [0.2, 0.25) is 0 Å². The maximum Gasteiger partial charge on any atom is 0.401 e. The monoisotopic (exact) mass is 395 g/mol. The Labute approximate surface area is 162 Å². The van der Waals surface area contributed by atoms with Crippen molar-refractivity contribution in [3.63, 3.8) is 0 Å². The van der Waals surface area contributed by atoms with Gasteiger partial charge in [-0.25, -0.2) is 19.9 Å². The van der Waals surface area contributed by atoms with Crippen LogP contribution in [0.1, 0.15) is 19.8 Å². The molecule has 0 atom stereocenters. The number of rotatable bonds is 6.